The average molecular weight is 675 g/mol. The maximum atomic E-state index is 13.3. The van der Waals surface area contributed by atoms with Gasteiger partial charge in [0.2, 0.25) is 5.60 Å². The third kappa shape index (κ3) is 7.82. The first-order valence-electron chi connectivity index (χ1n) is 14.5. The first-order valence-corrected chi connectivity index (χ1v) is 16.5. The first kappa shape index (κ1) is 34.4. The minimum atomic E-state index is -1.77. The minimum absolute atomic E-state index is 0.0158. The molecule has 0 saturated carbocycles. The van der Waals surface area contributed by atoms with Gasteiger partial charge in [-0.1, -0.05) is 31.3 Å². The number of aliphatic carboxylic acids is 2. The molecule has 246 valence electrons. The van der Waals surface area contributed by atoms with Crippen LogP contribution in [0.2, 0.25) is 0 Å². The van der Waals surface area contributed by atoms with Crippen molar-refractivity contribution in [1.82, 2.24) is 20.5 Å². The number of rotatable bonds is 15. The van der Waals surface area contributed by atoms with Crippen molar-refractivity contribution in [1.29, 1.82) is 0 Å². The fourth-order valence-corrected chi connectivity index (χ4v) is 6.49. The number of pyridine rings is 1. The topological polar surface area (TPSA) is 217 Å². The molecule has 2 aliphatic heterocycles. The van der Waals surface area contributed by atoms with Gasteiger partial charge >= 0.3 is 11.9 Å². The van der Waals surface area contributed by atoms with Gasteiger partial charge in [0.15, 0.2) is 29.8 Å². The Morgan fingerprint density at radius 2 is 1.91 bits per heavy atom. The number of nitrogens with one attached hydrogen (secondary N) is 2. The van der Waals surface area contributed by atoms with Gasteiger partial charge in [-0.25, -0.2) is 19.1 Å². The normalized spacial score (nSPS) is 18.0. The van der Waals surface area contributed by atoms with Crippen LogP contribution in [0.1, 0.15) is 62.5 Å². The summed E-state index contributed by atoms with van der Waals surface area (Å²) in [5.74, 6) is -4.06. The van der Waals surface area contributed by atoms with Crippen molar-refractivity contribution in [2.45, 2.75) is 70.0 Å². The third-order valence-electron chi connectivity index (χ3n) is 7.24. The second kappa shape index (κ2) is 14.7. The number of carboxylic acids is 2. The van der Waals surface area contributed by atoms with Gasteiger partial charge in [0, 0.05) is 35.4 Å². The molecular formula is C29H36N7O8S2+. The summed E-state index contributed by atoms with van der Waals surface area (Å²) in [5.41, 5.74) is 4.34. The van der Waals surface area contributed by atoms with E-state index in [1.165, 1.54) is 31.0 Å². The Bertz CT molecular complexity index is 1570. The summed E-state index contributed by atoms with van der Waals surface area (Å²) in [7, 11) is 0. The number of aromatic nitrogens is 2. The summed E-state index contributed by atoms with van der Waals surface area (Å²) >= 11 is 2.30. The van der Waals surface area contributed by atoms with E-state index in [1.807, 2.05) is 0 Å². The predicted octanol–water partition coefficient (Wildman–Crippen LogP) is 1.35. The van der Waals surface area contributed by atoms with E-state index in [0.717, 1.165) is 41.9 Å². The summed E-state index contributed by atoms with van der Waals surface area (Å²) in [6, 6.07) is 2.21. The molecule has 6 N–H and O–H groups in total. The van der Waals surface area contributed by atoms with Gasteiger partial charge in [-0.15, -0.1) is 23.1 Å². The zero-order valence-corrected chi connectivity index (χ0v) is 27.2. The number of thiazole rings is 1. The Kier molecular flexibility index (Phi) is 11.0. The van der Waals surface area contributed by atoms with E-state index in [-0.39, 0.29) is 34.7 Å². The number of fused-ring (bicyclic) bond motifs is 1. The maximum Gasteiger partial charge on any atom is 0.352 e. The van der Waals surface area contributed by atoms with Crippen LogP contribution in [0.3, 0.4) is 0 Å². The molecule has 17 heteroatoms. The highest BCUT2D eigenvalue weighted by Gasteiger charge is 2.55. The van der Waals surface area contributed by atoms with E-state index in [2.05, 4.69) is 27.7 Å². The van der Waals surface area contributed by atoms with Crippen molar-refractivity contribution in [3.8, 4) is 0 Å². The monoisotopic (exact) mass is 674 g/mol. The number of carboxylic acid groups (broad SMARTS) is 2. The SMILES string of the molecule is CCCCCCNC(=O)c1cc[n+](CC2=C(C(=O)O)N3C(=O)[C@@H](NC(=O)/C(=N\OC(C)(C)C(=O)O)c4csc(N)n4)[C@H]3SC2)cc1. The van der Waals surface area contributed by atoms with Crippen molar-refractivity contribution < 1.29 is 43.6 Å². The van der Waals surface area contributed by atoms with Crippen LogP contribution in [0, 0.1) is 0 Å². The van der Waals surface area contributed by atoms with Gasteiger partial charge in [-0.05, 0) is 20.3 Å². The number of hydrogen-bond acceptors (Lipinski definition) is 11. The number of anilines is 1. The summed E-state index contributed by atoms with van der Waals surface area (Å²) in [6.07, 6.45) is 7.55. The van der Waals surface area contributed by atoms with E-state index >= 15 is 0 Å². The number of nitrogens with two attached hydrogens (primary N) is 1. The molecule has 0 bridgehead atoms. The fraction of sp³-hybridized carbons (Fsp3) is 0.448. The average Bonchev–Trinajstić information content (AvgIpc) is 3.45. The van der Waals surface area contributed by atoms with E-state index in [1.54, 1.807) is 29.1 Å². The lowest BCUT2D eigenvalue weighted by Crippen LogP contribution is -2.71. The molecule has 1 fully saturated rings. The molecule has 0 radical (unpaired) electrons. The Morgan fingerprint density at radius 1 is 1.20 bits per heavy atom. The maximum absolute atomic E-state index is 13.3. The van der Waals surface area contributed by atoms with E-state index < -0.39 is 46.5 Å². The number of nitrogen functional groups attached to an aromatic ring is 1. The number of thioether (sulfide) groups is 1. The predicted molar refractivity (Wildman–Crippen MR) is 169 cm³/mol. The van der Waals surface area contributed by atoms with Crippen LogP contribution in [-0.4, -0.2) is 84.8 Å². The van der Waals surface area contributed by atoms with Gasteiger partial charge in [-0.3, -0.25) is 19.3 Å². The minimum Gasteiger partial charge on any atom is -0.478 e. The molecule has 0 spiro atoms. The number of hydrogen-bond donors (Lipinski definition) is 5. The van der Waals surface area contributed by atoms with Gasteiger partial charge in [0.05, 0.1) is 5.56 Å². The number of nitrogens with zero attached hydrogens (tertiary/aromatic N) is 4. The van der Waals surface area contributed by atoms with Crippen LogP contribution in [0.15, 0.2) is 46.3 Å². The number of oxime groups is 1. The van der Waals surface area contributed by atoms with Crippen molar-refractivity contribution in [3.63, 3.8) is 0 Å². The molecule has 2 aromatic rings. The summed E-state index contributed by atoms with van der Waals surface area (Å²) < 4.78 is 1.72. The highest BCUT2D eigenvalue weighted by Crippen LogP contribution is 2.40. The molecule has 15 nitrogen and oxygen atoms in total. The lowest BCUT2D eigenvalue weighted by Gasteiger charge is -2.49. The van der Waals surface area contributed by atoms with Crippen molar-refractivity contribution in [2.24, 2.45) is 5.16 Å². The van der Waals surface area contributed by atoms with Crippen LogP contribution in [0.4, 0.5) is 5.13 Å². The molecule has 2 atom stereocenters. The lowest BCUT2D eigenvalue weighted by atomic mass is 10.0. The zero-order chi connectivity index (χ0) is 33.6. The number of carbonyl (C=O) groups is 5. The number of unbranched alkanes of at least 4 members (excludes halogenated alkanes) is 3. The lowest BCUT2D eigenvalue weighted by molar-refractivity contribution is -0.689. The molecule has 0 unspecified atom stereocenters. The second-order valence-electron chi connectivity index (χ2n) is 11.1. The smallest absolute Gasteiger partial charge is 0.352 e. The largest absolute Gasteiger partial charge is 0.478 e. The second-order valence-corrected chi connectivity index (χ2v) is 13.1. The first-order chi connectivity index (χ1) is 21.8. The molecule has 4 rings (SSSR count). The molecule has 3 amide bonds. The van der Waals surface area contributed by atoms with Gasteiger partial charge in [0.25, 0.3) is 17.7 Å². The van der Waals surface area contributed by atoms with Crippen molar-refractivity contribution in [3.05, 3.63) is 52.4 Å². The Labute approximate surface area is 272 Å². The highest BCUT2D eigenvalue weighted by atomic mass is 32.2. The van der Waals surface area contributed by atoms with E-state index in [9.17, 15) is 34.2 Å². The zero-order valence-electron chi connectivity index (χ0n) is 25.5. The fourth-order valence-electron chi connectivity index (χ4n) is 4.60. The van der Waals surface area contributed by atoms with Crippen LogP contribution in [-0.2, 0) is 30.6 Å². The van der Waals surface area contributed by atoms with Crippen LogP contribution < -0.4 is 20.9 Å². The molecule has 46 heavy (non-hydrogen) atoms. The summed E-state index contributed by atoms with van der Waals surface area (Å²) in [6.45, 7) is 5.37. The molecule has 2 aliphatic rings. The van der Waals surface area contributed by atoms with Gasteiger partial charge < -0.3 is 31.4 Å². The van der Waals surface area contributed by atoms with Gasteiger partial charge in [-0.2, -0.15) is 0 Å². The molecule has 0 aromatic carbocycles. The van der Waals surface area contributed by atoms with Crippen molar-refractivity contribution >= 4 is 63.6 Å². The Balaban J connectivity index is 1.45. The van der Waals surface area contributed by atoms with Crippen LogP contribution >= 0.6 is 23.1 Å². The Morgan fingerprint density at radius 3 is 2.52 bits per heavy atom. The standard InChI is InChI=1S/C29H35N7O8S2/c1-4-5-6-7-10-31-22(37)16-8-11-35(12-9-16)13-17-14-45-25-20(24(39)36(25)21(17)26(40)41)33-23(38)19(18-15-46-28(30)32-18)34-44-29(2,3)27(42)43/h8-9,11-12,15,20,25H,4-7,10,13-14H2,1-3H3,(H5-,30,31,32,33,37,38,40,41,42,43)/p+1/b34-19-/t20-,25-/m1/s1. The summed E-state index contributed by atoms with van der Waals surface area (Å²) in [5, 5.41) is 29.4. The summed E-state index contributed by atoms with van der Waals surface area (Å²) in [4.78, 5) is 73.0. The van der Waals surface area contributed by atoms with E-state index in [4.69, 9.17) is 10.6 Å². The van der Waals surface area contributed by atoms with Crippen molar-refractivity contribution in [2.75, 3.05) is 18.0 Å². The Hall–Kier alpha value is -4.51. The van der Waals surface area contributed by atoms with Gasteiger partial charge in [0.1, 0.15) is 22.8 Å². The van der Waals surface area contributed by atoms with Crippen LogP contribution in [0.5, 0.6) is 0 Å². The molecular weight excluding hydrogens is 638 g/mol. The number of amides is 3. The number of β-lactam (4-membered cyclic amide) rings is 1. The molecule has 4 heterocycles. The molecule has 2 aromatic heterocycles. The highest BCUT2D eigenvalue weighted by molar-refractivity contribution is 8.00. The van der Waals surface area contributed by atoms with Crippen LogP contribution in [0.25, 0.3) is 0 Å². The molecule has 1 saturated heterocycles. The number of carbonyl (C=O) groups excluding carboxylic acids is 3. The molecule has 0 aliphatic carbocycles. The third-order valence-corrected chi connectivity index (χ3v) is 9.25. The van der Waals surface area contributed by atoms with E-state index in [0.29, 0.717) is 17.7 Å². The quantitative estimate of drug-likeness (QED) is 0.0597.